The van der Waals surface area contributed by atoms with E-state index in [0.29, 0.717) is 35.9 Å². The zero-order valence-electron chi connectivity index (χ0n) is 20.0. The fraction of sp³-hybridized carbons (Fsp3) is 0.714. The number of imidazole rings is 1. The first kappa shape index (κ1) is 26.2. The predicted octanol–water partition coefficient (Wildman–Crippen LogP) is 3.90. The number of fused-ring (bicyclic) bond motifs is 1. The molecule has 2 aromatic rings. The Balaban J connectivity index is 1.45. The number of rotatable bonds is 13. The lowest BCUT2D eigenvalue weighted by atomic mass is 10.2. The van der Waals surface area contributed by atoms with Gasteiger partial charge in [0.05, 0.1) is 38.9 Å². The van der Waals surface area contributed by atoms with E-state index in [4.69, 9.17) is 34.9 Å². The largest absolute Gasteiger partial charge is 0.464 e. The van der Waals surface area contributed by atoms with Crippen molar-refractivity contribution in [3.05, 3.63) is 11.6 Å². The van der Waals surface area contributed by atoms with Crippen molar-refractivity contribution in [1.82, 2.24) is 19.5 Å². The van der Waals surface area contributed by atoms with E-state index in [0.717, 1.165) is 12.8 Å². The summed E-state index contributed by atoms with van der Waals surface area (Å²) in [6.07, 6.45) is 4.39. The smallest absolute Gasteiger partial charge is 0.370 e. The Kier molecular flexibility index (Phi) is 8.62. The van der Waals surface area contributed by atoms with Gasteiger partial charge in [0.25, 0.3) is 5.85 Å². The number of hydrogen-bond acceptors (Lipinski definition) is 11. The summed E-state index contributed by atoms with van der Waals surface area (Å²) in [5, 5.41) is 3.46. The molecule has 2 aromatic heterocycles. The van der Waals surface area contributed by atoms with E-state index in [1.807, 2.05) is 4.57 Å². The fourth-order valence-electron chi connectivity index (χ4n) is 3.87. The van der Waals surface area contributed by atoms with E-state index in [-0.39, 0.29) is 44.0 Å². The van der Waals surface area contributed by atoms with Gasteiger partial charge in [0.15, 0.2) is 17.0 Å². The maximum absolute atomic E-state index is 13.2. The van der Waals surface area contributed by atoms with E-state index in [1.54, 1.807) is 27.1 Å². The number of nitrogens with zero attached hydrogens (tertiary/aromatic N) is 4. The minimum absolute atomic E-state index is 0.000967. The number of ether oxygens (including phenoxy) is 3. The van der Waals surface area contributed by atoms with Crippen LogP contribution < -0.4 is 5.32 Å². The summed E-state index contributed by atoms with van der Waals surface area (Å²) in [5.41, 5.74) is 1.20. The van der Waals surface area contributed by atoms with Crippen molar-refractivity contribution in [2.75, 3.05) is 31.7 Å². The van der Waals surface area contributed by atoms with Gasteiger partial charge < -0.3 is 28.6 Å². The van der Waals surface area contributed by atoms with Gasteiger partial charge in [0.1, 0.15) is 6.23 Å². The normalized spacial score (nSPS) is 21.4. The van der Waals surface area contributed by atoms with Crippen molar-refractivity contribution in [2.24, 2.45) is 0 Å². The van der Waals surface area contributed by atoms with Crippen LogP contribution in [0.5, 0.6) is 0 Å². The lowest BCUT2D eigenvalue weighted by Crippen LogP contribution is -2.31. The van der Waals surface area contributed by atoms with E-state index in [2.05, 4.69) is 20.3 Å². The first-order valence-electron chi connectivity index (χ1n) is 11.9. The topological polar surface area (TPSA) is 136 Å². The molecule has 1 N–H and O–H groups in total. The summed E-state index contributed by atoms with van der Waals surface area (Å²) in [7, 11) is -3.89. The van der Waals surface area contributed by atoms with Crippen molar-refractivity contribution in [3.8, 4) is 0 Å². The molecule has 194 valence electrons. The van der Waals surface area contributed by atoms with Crippen LogP contribution in [-0.2, 0) is 32.6 Å². The Hall–Kier alpha value is -1.82. The van der Waals surface area contributed by atoms with Crippen LogP contribution in [0.4, 0.5) is 5.82 Å². The molecular formula is C21H31ClN5O7P. The van der Waals surface area contributed by atoms with Crippen molar-refractivity contribution in [1.29, 1.82) is 0 Å². The number of nitrogens with one attached hydrogen (secondary N) is 1. The average molecular weight is 532 g/mol. The van der Waals surface area contributed by atoms with Gasteiger partial charge in [0.2, 0.25) is 5.28 Å². The monoisotopic (exact) mass is 531 g/mol. The van der Waals surface area contributed by atoms with Gasteiger partial charge in [-0.3, -0.25) is 9.13 Å². The highest BCUT2D eigenvalue weighted by Crippen LogP contribution is 2.54. The van der Waals surface area contributed by atoms with Gasteiger partial charge in [0, 0.05) is 6.04 Å². The van der Waals surface area contributed by atoms with Crippen molar-refractivity contribution >= 4 is 42.1 Å². The van der Waals surface area contributed by atoms with E-state index >= 15 is 0 Å². The summed E-state index contributed by atoms with van der Waals surface area (Å²) in [5.74, 6) is -1.68. The molecule has 1 aliphatic heterocycles. The Bertz CT molecular complexity index is 1070. The van der Waals surface area contributed by atoms with E-state index in [9.17, 15) is 9.36 Å². The molecule has 3 atom stereocenters. The number of halogens is 1. The summed E-state index contributed by atoms with van der Waals surface area (Å²) in [6, 6.07) is 0.385. The van der Waals surface area contributed by atoms with Gasteiger partial charge in [-0.1, -0.05) is 0 Å². The molecule has 3 heterocycles. The van der Waals surface area contributed by atoms with Crippen LogP contribution in [0.2, 0.25) is 5.28 Å². The van der Waals surface area contributed by atoms with Crippen LogP contribution in [0.3, 0.4) is 0 Å². The molecule has 1 saturated carbocycles. The zero-order chi connectivity index (χ0) is 25.0. The molecule has 0 aromatic carbocycles. The highest BCUT2D eigenvalue weighted by Gasteiger charge is 2.44. The molecule has 2 aliphatic rings. The molecular weight excluding hydrogens is 501 g/mol. The second-order valence-electron chi connectivity index (χ2n) is 8.19. The second-order valence-corrected chi connectivity index (χ2v) is 10.6. The lowest BCUT2D eigenvalue weighted by Gasteiger charge is -2.25. The molecule has 1 aliphatic carbocycles. The molecule has 3 unspecified atom stereocenters. The minimum atomic E-state index is -3.89. The Morgan fingerprint density at radius 1 is 1.20 bits per heavy atom. The van der Waals surface area contributed by atoms with Gasteiger partial charge in [-0.2, -0.15) is 9.97 Å². The Morgan fingerprint density at radius 3 is 2.60 bits per heavy atom. The highest BCUT2D eigenvalue weighted by molar-refractivity contribution is 7.55. The Labute approximate surface area is 208 Å². The van der Waals surface area contributed by atoms with Gasteiger partial charge in [-0.15, -0.1) is 0 Å². The molecule has 2 fully saturated rings. The van der Waals surface area contributed by atoms with Gasteiger partial charge in [-0.25, -0.2) is 9.78 Å². The Morgan fingerprint density at radius 2 is 1.94 bits per heavy atom. The molecule has 0 amide bonds. The van der Waals surface area contributed by atoms with Gasteiger partial charge in [-0.05, 0) is 58.1 Å². The average Bonchev–Trinajstić information content (AvgIpc) is 3.32. The molecule has 0 radical (unpaired) electrons. The quantitative estimate of drug-likeness (QED) is 0.229. The molecule has 14 heteroatoms. The van der Waals surface area contributed by atoms with E-state index < -0.39 is 19.4 Å². The van der Waals surface area contributed by atoms with Gasteiger partial charge >= 0.3 is 13.6 Å². The SMILES string of the molecule is CCOC(=O)C(OCC1CCC(n2cnc3c(NC4CC4)nc(Cl)nc32)O1)P(=O)(OCC)OCC. The fourth-order valence-corrected chi connectivity index (χ4v) is 5.70. The molecule has 35 heavy (non-hydrogen) atoms. The van der Waals surface area contributed by atoms with Crippen molar-refractivity contribution in [2.45, 2.75) is 70.7 Å². The minimum Gasteiger partial charge on any atom is -0.464 e. The standard InChI is InChI=1S/C21H31ClN5O7P/c1-4-30-19(28)20(35(29,32-5-2)33-6-3)31-11-14-9-10-15(34-14)27-12-23-16-17(24-13-7-8-13)25-21(22)26-18(16)27/h12-15,20H,4-11H2,1-3H3,(H,24,25,26). The number of esters is 1. The maximum Gasteiger partial charge on any atom is 0.370 e. The molecule has 0 spiro atoms. The summed E-state index contributed by atoms with van der Waals surface area (Å²) < 4.78 is 42.7. The molecule has 1 saturated heterocycles. The third kappa shape index (κ3) is 6.12. The third-order valence-electron chi connectivity index (χ3n) is 5.54. The van der Waals surface area contributed by atoms with Crippen LogP contribution in [-0.4, -0.2) is 69.9 Å². The highest BCUT2D eigenvalue weighted by atomic mass is 35.5. The van der Waals surface area contributed by atoms with Crippen molar-refractivity contribution < 1.29 is 32.6 Å². The summed E-state index contributed by atoms with van der Waals surface area (Å²) >= 11 is 6.17. The number of anilines is 1. The first-order valence-corrected chi connectivity index (χ1v) is 13.9. The van der Waals surface area contributed by atoms with Crippen LogP contribution in [0.15, 0.2) is 6.33 Å². The van der Waals surface area contributed by atoms with Crippen LogP contribution >= 0.6 is 19.2 Å². The number of carbonyl (C=O) groups excluding carboxylic acids is 1. The zero-order valence-corrected chi connectivity index (χ0v) is 21.7. The third-order valence-corrected chi connectivity index (χ3v) is 7.88. The van der Waals surface area contributed by atoms with Crippen LogP contribution in [0.25, 0.3) is 11.2 Å². The van der Waals surface area contributed by atoms with E-state index in [1.165, 1.54) is 0 Å². The molecule has 4 rings (SSSR count). The maximum atomic E-state index is 13.2. The number of aromatic nitrogens is 4. The van der Waals surface area contributed by atoms with Crippen LogP contribution in [0, 0.1) is 0 Å². The summed E-state index contributed by atoms with van der Waals surface area (Å²) in [4.78, 5) is 25.6. The lowest BCUT2D eigenvalue weighted by molar-refractivity contribution is -0.154. The number of carbonyl (C=O) groups is 1. The molecule has 0 bridgehead atoms. The summed E-state index contributed by atoms with van der Waals surface area (Å²) in [6.45, 7) is 5.27. The van der Waals surface area contributed by atoms with Crippen LogP contribution in [0.1, 0.15) is 52.7 Å². The predicted molar refractivity (Wildman–Crippen MR) is 127 cm³/mol. The number of hydrogen-bond donors (Lipinski definition) is 1. The first-order chi connectivity index (χ1) is 16.9. The molecule has 12 nitrogen and oxygen atoms in total. The van der Waals surface area contributed by atoms with Crippen molar-refractivity contribution in [3.63, 3.8) is 0 Å². The second kappa shape index (κ2) is 11.5.